The molecule has 0 aromatic carbocycles. The van der Waals surface area contributed by atoms with Crippen LogP contribution in [0.3, 0.4) is 0 Å². The summed E-state index contributed by atoms with van der Waals surface area (Å²) in [6, 6.07) is -1.24. The minimum atomic E-state index is -1.02. The maximum absolute atomic E-state index is 12.0. The van der Waals surface area contributed by atoms with Gasteiger partial charge in [-0.2, -0.15) is 0 Å². The summed E-state index contributed by atoms with van der Waals surface area (Å²) < 4.78 is 4.68. The number of methoxy groups -OCH3 is 1. The van der Waals surface area contributed by atoms with Crippen LogP contribution in [0.15, 0.2) is 0 Å². The minimum absolute atomic E-state index is 0.171. The van der Waals surface area contributed by atoms with Gasteiger partial charge in [-0.15, -0.1) is 0 Å². The number of carboxylic acids is 1. The predicted octanol–water partition coefficient (Wildman–Crippen LogP) is 0.834. The molecule has 0 aliphatic carbocycles. The molecule has 0 bridgehead atoms. The van der Waals surface area contributed by atoms with Crippen molar-refractivity contribution in [3.05, 3.63) is 0 Å². The highest BCUT2D eigenvalue weighted by Crippen LogP contribution is 2.18. The summed E-state index contributed by atoms with van der Waals surface area (Å²) in [6.45, 7) is 2.73. The Labute approximate surface area is 118 Å². The van der Waals surface area contributed by atoms with E-state index in [1.807, 2.05) is 6.92 Å². The number of rotatable bonds is 5. The number of aliphatic carboxylic acids is 1. The maximum Gasteiger partial charge on any atom is 0.326 e. The largest absolute Gasteiger partial charge is 0.480 e. The van der Waals surface area contributed by atoms with Crippen LogP contribution in [0.4, 0.5) is 4.79 Å². The fourth-order valence-electron chi connectivity index (χ4n) is 2.27. The fourth-order valence-corrected chi connectivity index (χ4v) is 2.27. The molecule has 0 aromatic heterocycles. The number of likely N-dealkylation sites (tertiary alicyclic amines) is 1. The average molecular weight is 286 g/mol. The molecule has 1 atom stereocenters. The molecular weight excluding hydrogens is 264 g/mol. The van der Waals surface area contributed by atoms with E-state index in [2.05, 4.69) is 10.1 Å². The van der Waals surface area contributed by atoms with Crippen molar-refractivity contribution < 1.29 is 24.2 Å². The number of hydrogen-bond donors (Lipinski definition) is 2. The molecule has 7 heteroatoms. The minimum Gasteiger partial charge on any atom is -0.480 e. The SMILES string of the molecule is CCCC(NC(=O)N1CCC(C(=O)OC)CC1)C(=O)O. The molecule has 114 valence electrons. The zero-order chi connectivity index (χ0) is 15.1. The average Bonchev–Trinajstić information content (AvgIpc) is 2.45. The number of nitrogens with zero attached hydrogens (tertiary/aromatic N) is 1. The van der Waals surface area contributed by atoms with Crippen molar-refractivity contribution in [2.75, 3.05) is 20.2 Å². The van der Waals surface area contributed by atoms with Gasteiger partial charge in [-0.25, -0.2) is 9.59 Å². The van der Waals surface area contributed by atoms with Crippen LogP contribution in [0.25, 0.3) is 0 Å². The number of carbonyl (C=O) groups is 3. The molecule has 20 heavy (non-hydrogen) atoms. The van der Waals surface area contributed by atoms with Gasteiger partial charge in [0.1, 0.15) is 6.04 Å². The first-order valence-electron chi connectivity index (χ1n) is 6.85. The summed E-state index contributed by atoms with van der Waals surface area (Å²) in [5.41, 5.74) is 0. The molecule has 1 aliphatic rings. The third kappa shape index (κ3) is 4.40. The van der Waals surface area contributed by atoms with Crippen LogP contribution < -0.4 is 5.32 Å². The van der Waals surface area contributed by atoms with Gasteiger partial charge in [-0.3, -0.25) is 4.79 Å². The van der Waals surface area contributed by atoms with Crippen LogP contribution >= 0.6 is 0 Å². The molecule has 0 radical (unpaired) electrons. The Hall–Kier alpha value is -1.79. The van der Waals surface area contributed by atoms with Gasteiger partial charge in [-0.05, 0) is 19.3 Å². The zero-order valence-electron chi connectivity index (χ0n) is 11.9. The van der Waals surface area contributed by atoms with E-state index in [0.717, 1.165) is 0 Å². The topological polar surface area (TPSA) is 95.9 Å². The van der Waals surface area contributed by atoms with Crippen LogP contribution in [0.2, 0.25) is 0 Å². The molecule has 0 saturated carbocycles. The van der Waals surface area contributed by atoms with Gasteiger partial charge in [0.15, 0.2) is 0 Å². The highest BCUT2D eigenvalue weighted by Gasteiger charge is 2.29. The Morgan fingerprint density at radius 3 is 2.40 bits per heavy atom. The molecule has 7 nitrogen and oxygen atoms in total. The number of nitrogens with one attached hydrogen (secondary N) is 1. The Morgan fingerprint density at radius 1 is 1.35 bits per heavy atom. The van der Waals surface area contributed by atoms with Crippen molar-refractivity contribution >= 4 is 18.0 Å². The van der Waals surface area contributed by atoms with E-state index in [9.17, 15) is 14.4 Å². The first kappa shape index (κ1) is 16.3. The van der Waals surface area contributed by atoms with Gasteiger partial charge in [0, 0.05) is 13.1 Å². The number of esters is 1. The number of ether oxygens (including phenoxy) is 1. The Bertz CT molecular complexity index is 364. The lowest BCUT2D eigenvalue weighted by Gasteiger charge is -2.31. The van der Waals surface area contributed by atoms with Crippen LogP contribution in [0, 0.1) is 5.92 Å². The lowest BCUT2D eigenvalue weighted by atomic mass is 9.97. The van der Waals surface area contributed by atoms with Crippen molar-refractivity contribution in [1.82, 2.24) is 10.2 Å². The van der Waals surface area contributed by atoms with Crippen molar-refractivity contribution in [3.63, 3.8) is 0 Å². The van der Waals surface area contributed by atoms with E-state index in [0.29, 0.717) is 38.8 Å². The van der Waals surface area contributed by atoms with Crippen LogP contribution in [-0.4, -0.2) is 54.2 Å². The smallest absolute Gasteiger partial charge is 0.326 e. The highest BCUT2D eigenvalue weighted by molar-refractivity contribution is 5.82. The van der Waals surface area contributed by atoms with Crippen LogP contribution in [0.5, 0.6) is 0 Å². The maximum atomic E-state index is 12.0. The lowest BCUT2D eigenvalue weighted by molar-refractivity contribution is -0.146. The number of carboxylic acid groups (broad SMARTS) is 1. The summed E-state index contributed by atoms with van der Waals surface area (Å²) in [6.07, 6.45) is 2.18. The van der Waals surface area contributed by atoms with Gasteiger partial charge in [0.05, 0.1) is 13.0 Å². The van der Waals surface area contributed by atoms with Gasteiger partial charge in [-0.1, -0.05) is 13.3 Å². The standard InChI is InChI=1S/C13H22N2O5/c1-3-4-10(11(16)17)14-13(19)15-7-5-9(6-8-15)12(18)20-2/h9-10H,3-8H2,1-2H3,(H,14,19)(H,16,17). The molecule has 1 unspecified atom stereocenters. The van der Waals surface area contributed by atoms with E-state index in [1.165, 1.54) is 7.11 Å². The van der Waals surface area contributed by atoms with Crippen molar-refractivity contribution in [3.8, 4) is 0 Å². The quantitative estimate of drug-likeness (QED) is 0.730. The van der Waals surface area contributed by atoms with Gasteiger partial charge >= 0.3 is 18.0 Å². The number of hydrogen-bond acceptors (Lipinski definition) is 4. The second-order valence-electron chi connectivity index (χ2n) is 4.91. The van der Waals surface area contributed by atoms with E-state index in [4.69, 9.17) is 5.11 Å². The van der Waals surface area contributed by atoms with Gasteiger partial charge < -0.3 is 20.1 Å². The predicted molar refractivity (Wildman–Crippen MR) is 71.2 cm³/mol. The zero-order valence-corrected chi connectivity index (χ0v) is 11.9. The monoisotopic (exact) mass is 286 g/mol. The fraction of sp³-hybridized carbons (Fsp3) is 0.769. The van der Waals surface area contributed by atoms with Crippen LogP contribution in [0.1, 0.15) is 32.6 Å². The summed E-state index contributed by atoms with van der Waals surface area (Å²) in [5.74, 6) is -1.45. The van der Waals surface area contributed by atoms with Gasteiger partial charge in [0.2, 0.25) is 0 Å². The summed E-state index contributed by atoms with van der Waals surface area (Å²) >= 11 is 0. The van der Waals surface area contributed by atoms with Gasteiger partial charge in [0.25, 0.3) is 0 Å². The summed E-state index contributed by atoms with van der Waals surface area (Å²) in [4.78, 5) is 35.9. The molecule has 1 aliphatic heterocycles. The molecular formula is C13H22N2O5. The molecule has 1 saturated heterocycles. The molecule has 0 spiro atoms. The normalized spacial score (nSPS) is 17.4. The summed E-state index contributed by atoms with van der Waals surface area (Å²) in [5, 5.41) is 11.5. The molecule has 2 N–H and O–H groups in total. The van der Waals surface area contributed by atoms with Crippen molar-refractivity contribution in [2.45, 2.75) is 38.6 Å². The second-order valence-corrected chi connectivity index (χ2v) is 4.91. The second kappa shape index (κ2) is 7.72. The van der Waals surface area contributed by atoms with Crippen molar-refractivity contribution in [2.24, 2.45) is 5.92 Å². The van der Waals surface area contributed by atoms with E-state index in [-0.39, 0.29) is 17.9 Å². The van der Waals surface area contributed by atoms with E-state index >= 15 is 0 Å². The first-order chi connectivity index (χ1) is 9.49. The first-order valence-corrected chi connectivity index (χ1v) is 6.85. The molecule has 2 amide bonds. The molecule has 1 rings (SSSR count). The highest BCUT2D eigenvalue weighted by atomic mass is 16.5. The van der Waals surface area contributed by atoms with E-state index < -0.39 is 12.0 Å². The Morgan fingerprint density at radius 2 is 1.95 bits per heavy atom. The van der Waals surface area contributed by atoms with Crippen molar-refractivity contribution in [1.29, 1.82) is 0 Å². The molecule has 1 fully saturated rings. The third-order valence-electron chi connectivity index (χ3n) is 3.49. The third-order valence-corrected chi connectivity index (χ3v) is 3.49. The summed E-state index contributed by atoms with van der Waals surface area (Å²) in [7, 11) is 1.35. The number of amides is 2. The Kier molecular flexibility index (Phi) is 6.27. The molecule has 0 aromatic rings. The van der Waals surface area contributed by atoms with E-state index in [1.54, 1.807) is 4.90 Å². The number of urea groups is 1. The number of piperidine rings is 1. The number of carbonyl (C=O) groups excluding carboxylic acids is 2. The molecule has 1 heterocycles. The van der Waals surface area contributed by atoms with Crippen LogP contribution in [-0.2, 0) is 14.3 Å². The lowest BCUT2D eigenvalue weighted by Crippen LogP contribution is -2.50. The Balaban J connectivity index is 2.46.